The molecule has 0 aliphatic heterocycles. The molecule has 0 saturated carbocycles. The summed E-state index contributed by atoms with van der Waals surface area (Å²) in [6, 6.07) is 8.07. The van der Waals surface area contributed by atoms with Gasteiger partial charge in [-0.15, -0.1) is 0 Å². The van der Waals surface area contributed by atoms with E-state index in [9.17, 15) is 0 Å². The molecule has 0 fully saturated rings. The van der Waals surface area contributed by atoms with Crippen LogP contribution in [0.5, 0.6) is 0 Å². The summed E-state index contributed by atoms with van der Waals surface area (Å²) in [4.78, 5) is 7.98. The number of benzene rings is 1. The van der Waals surface area contributed by atoms with Crippen molar-refractivity contribution in [2.75, 3.05) is 5.32 Å². The number of anilines is 1. The minimum Gasteiger partial charge on any atom is -0.365 e. The zero-order chi connectivity index (χ0) is 12.3. The lowest BCUT2D eigenvalue weighted by molar-refractivity contribution is 1.07. The molecule has 0 aliphatic carbocycles. The summed E-state index contributed by atoms with van der Waals surface area (Å²) in [7, 11) is 0. The molecule has 0 radical (unpaired) electrons. The fourth-order valence-corrected chi connectivity index (χ4v) is 2.00. The predicted octanol–water partition coefficient (Wildman–Crippen LogP) is 4.27. The van der Waals surface area contributed by atoms with Crippen molar-refractivity contribution in [3.63, 3.8) is 0 Å². The highest BCUT2D eigenvalue weighted by Crippen LogP contribution is 2.26. The van der Waals surface area contributed by atoms with Crippen molar-refractivity contribution in [1.29, 1.82) is 0 Å². The monoisotopic (exact) mass is 375 g/mol. The van der Waals surface area contributed by atoms with E-state index in [2.05, 4.69) is 47.1 Å². The van der Waals surface area contributed by atoms with Crippen molar-refractivity contribution in [3.05, 3.63) is 50.3 Å². The topological polar surface area (TPSA) is 37.8 Å². The second-order valence-corrected chi connectivity index (χ2v) is 5.37. The maximum Gasteiger partial charge on any atom is 0.148 e. The van der Waals surface area contributed by atoms with E-state index in [1.54, 1.807) is 0 Å². The fraction of sp³-hybridized carbons (Fsp3) is 0.0909. The molecule has 0 bridgehead atoms. The Balaban J connectivity index is 2.07. The summed E-state index contributed by atoms with van der Waals surface area (Å²) in [5.74, 6) is 0.688. The van der Waals surface area contributed by atoms with Gasteiger partial charge in [0.2, 0.25) is 0 Å². The molecular weight excluding hydrogens is 369 g/mol. The molecule has 3 nitrogen and oxygen atoms in total. The van der Waals surface area contributed by atoms with Gasteiger partial charge in [0, 0.05) is 11.0 Å². The highest BCUT2D eigenvalue weighted by molar-refractivity contribution is 9.11. The van der Waals surface area contributed by atoms with Crippen molar-refractivity contribution in [2.45, 2.75) is 6.54 Å². The molecule has 1 aromatic carbocycles. The number of aromatic nitrogens is 2. The Bertz CT molecular complexity index is 517. The number of hydrogen-bond acceptors (Lipinski definition) is 3. The number of nitrogens with one attached hydrogen (secondary N) is 1. The average Bonchev–Trinajstić information content (AvgIpc) is 2.33. The van der Waals surface area contributed by atoms with E-state index in [4.69, 9.17) is 11.6 Å². The van der Waals surface area contributed by atoms with Gasteiger partial charge < -0.3 is 5.32 Å². The third-order valence-corrected chi connectivity index (χ3v) is 3.91. The van der Waals surface area contributed by atoms with Gasteiger partial charge in [0.05, 0.1) is 4.47 Å². The minimum atomic E-state index is 0.401. The smallest absolute Gasteiger partial charge is 0.148 e. The molecule has 17 heavy (non-hydrogen) atoms. The van der Waals surface area contributed by atoms with E-state index in [1.807, 2.05) is 24.3 Å². The van der Waals surface area contributed by atoms with Crippen LogP contribution in [-0.2, 0) is 6.54 Å². The fourth-order valence-electron chi connectivity index (χ4n) is 1.26. The van der Waals surface area contributed by atoms with Gasteiger partial charge in [-0.05, 0) is 33.6 Å². The molecule has 88 valence electrons. The Hall–Kier alpha value is -0.650. The zero-order valence-electron chi connectivity index (χ0n) is 8.62. The van der Waals surface area contributed by atoms with Gasteiger partial charge in [-0.3, -0.25) is 0 Å². The average molecular weight is 377 g/mol. The van der Waals surface area contributed by atoms with E-state index in [-0.39, 0.29) is 0 Å². The Morgan fingerprint density at radius 2 is 1.82 bits per heavy atom. The van der Waals surface area contributed by atoms with Gasteiger partial charge in [0.15, 0.2) is 0 Å². The van der Waals surface area contributed by atoms with Crippen LogP contribution >= 0.6 is 43.5 Å². The highest BCUT2D eigenvalue weighted by Gasteiger charge is 2.05. The molecule has 0 spiro atoms. The van der Waals surface area contributed by atoms with Gasteiger partial charge >= 0.3 is 0 Å². The standard InChI is InChI=1S/C11H8Br2ClN3/c12-8-3-1-7(2-4-8)5-15-11-9(13)10(14)16-6-17-11/h1-4,6H,5H2,(H,15,16,17). The number of halogens is 3. The summed E-state index contributed by atoms with van der Waals surface area (Å²) in [5, 5.41) is 3.59. The van der Waals surface area contributed by atoms with E-state index >= 15 is 0 Å². The molecule has 0 unspecified atom stereocenters. The molecular formula is C11H8Br2ClN3. The van der Waals surface area contributed by atoms with Crippen LogP contribution in [0.25, 0.3) is 0 Å². The molecule has 1 N–H and O–H groups in total. The predicted molar refractivity (Wildman–Crippen MR) is 76.2 cm³/mol. The first kappa shape index (κ1) is 12.8. The minimum absolute atomic E-state index is 0.401. The Morgan fingerprint density at radius 3 is 2.53 bits per heavy atom. The summed E-state index contributed by atoms with van der Waals surface area (Å²) < 4.78 is 1.74. The first-order chi connectivity index (χ1) is 8.16. The third-order valence-electron chi connectivity index (χ3n) is 2.12. The third kappa shape index (κ3) is 3.40. The summed E-state index contributed by atoms with van der Waals surface area (Å²) in [5.41, 5.74) is 1.16. The second kappa shape index (κ2) is 5.80. The molecule has 1 heterocycles. The summed E-state index contributed by atoms with van der Waals surface area (Å²) in [6.45, 7) is 0.680. The molecule has 1 aromatic heterocycles. The van der Waals surface area contributed by atoms with E-state index in [1.165, 1.54) is 6.33 Å². The van der Waals surface area contributed by atoms with Gasteiger partial charge in [-0.25, -0.2) is 9.97 Å². The summed E-state index contributed by atoms with van der Waals surface area (Å²) in [6.07, 6.45) is 1.43. The van der Waals surface area contributed by atoms with Gasteiger partial charge in [0.25, 0.3) is 0 Å². The zero-order valence-corrected chi connectivity index (χ0v) is 12.6. The van der Waals surface area contributed by atoms with E-state index < -0.39 is 0 Å². The number of nitrogens with zero attached hydrogens (tertiary/aromatic N) is 2. The quantitative estimate of drug-likeness (QED) is 0.812. The van der Waals surface area contributed by atoms with Crippen LogP contribution in [0.15, 0.2) is 39.5 Å². The van der Waals surface area contributed by atoms with Gasteiger partial charge in [-0.2, -0.15) is 0 Å². The normalized spacial score (nSPS) is 10.3. The van der Waals surface area contributed by atoms with Crippen LogP contribution in [0.1, 0.15) is 5.56 Å². The maximum atomic E-state index is 5.87. The van der Waals surface area contributed by atoms with E-state index in [0.29, 0.717) is 22.0 Å². The lowest BCUT2D eigenvalue weighted by Gasteiger charge is -2.07. The van der Waals surface area contributed by atoms with Gasteiger partial charge in [0.1, 0.15) is 17.3 Å². The van der Waals surface area contributed by atoms with Crippen LogP contribution in [0, 0.1) is 0 Å². The molecule has 6 heteroatoms. The first-order valence-corrected chi connectivity index (χ1v) is 6.77. The number of rotatable bonds is 3. The molecule has 0 saturated heterocycles. The highest BCUT2D eigenvalue weighted by atomic mass is 79.9. The van der Waals surface area contributed by atoms with Crippen LogP contribution < -0.4 is 5.32 Å². The molecule has 0 atom stereocenters. The van der Waals surface area contributed by atoms with Crippen LogP contribution in [-0.4, -0.2) is 9.97 Å². The molecule has 2 rings (SSSR count). The lowest BCUT2D eigenvalue weighted by Crippen LogP contribution is -2.02. The SMILES string of the molecule is Clc1ncnc(NCc2ccc(Br)cc2)c1Br. The second-order valence-electron chi connectivity index (χ2n) is 3.31. The van der Waals surface area contributed by atoms with Crippen molar-refractivity contribution in [2.24, 2.45) is 0 Å². The van der Waals surface area contributed by atoms with Crippen LogP contribution in [0.4, 0.5) is 5.82 Å². The van der Waals surface area contributed by atoms with Crippen molar-refractivity contribution in [3.8, 4) is 0 Å². The van der Waals surface area contributed by atoms with Crippen LogP contribution in [0.3, 0.4) is 0 Å². The number of hydrogen-bond donors (Lipinski definition) is 1. The van der Waals surface area contributed by atoms with Crippen molar-refractivity contribution < 1.29 is 0 Å². The van der Waals surface area contributed by atoms with Gasteiger partial charge in [-0.1, -0.05) is 39.7 Å². The maximum absolute atomic E-state index is 5.87. The van der Waals surface area contributed by atoms with E-state index in [0.717, 1.165) is 10.0 Å². The Labute approximate surface area is 121 Å². The summed E-state index contributed by atoms with van der Waals surface area (Å²) >= 11 is 12.6. The van der Waals surface area contributed by atoms with Crippen molar-refractivity contribution >= 4 is 49.3 Å². The first-order valence-electron chi connectivity index (χ1n) is 4.81. The lowest BCUT2D eigenvalue weighted by atomic mass is 10.2. The Kier molecular flexibility index (Phi) is 4.36. The molecule has 2 aromatic rings. The van der Waals surface area contributed by atoms with Crippen LogP contribution in [0.2, 0.25) is 5.15 Å². The Morgan fingerprint density at radius 1 is 1.12 bits per heavy atom. The largest absolute Gasteiger partial charge is 0.365 e. The molecule has 0 amide bonds. The van der Waals surface area contributed by atoms with Crippen molar-refractivity contribution in [1.82, 2.24) is 9.97 Å². The molecule has 0 aliphatic rings.